The Morgan fingerprint density at radius 1 is 0.750 bits per heavy atom. The van der Waals surface area contributed by atoms with E-state index in [1.165, 1.54) is 16.7 Å². The molecule has 0 fully saturated rings. The molecule has 0 aliphatic carbocycles. The van der Waals surface area contributed by atoms with Gasteiger partial charge < -0.3 is 0 Å². The number of rotatable bonds is 3. The van der Waals surface area contributed by atoms with Crippen molar-refractivity contribution in [1.82, 2.24) is 4.98 Å². The maximum absolute atomic E-state index is 4.57. The Labute approximate surface area is 119 Å². The molecule has 0 radical (unpaired) electrons. The van der Waals surface area contributed by atoms with E-state index in [9.17, 15) is 0 Å². The molecule has 0 N–H and O–H groups in total. The van der Waals surface area contributed by atoms with Gasteiger partial charge in [-0.05, 0) is 23.6 Å². The Hall–Kier alpha value is -2.41. The Bertz CT molecular complexity index is 684. The van der Waals surface area contributed by atoms with Crippen LogP contribution in [0.15, 0.2) is 72.9 Å². The summed E-state index contributed by atoms with van der Waals surface area (Å²) in [4.78, 5) is 4.57. The van der Waals surface area contributed by atoms with Crippen LogP contribution in [0.1, 0.15) is 12.5 Å². The largest absolute Gasteiger partial charge is 0.256 e. The third kappa shape index (κ3) is 2.48. The molecule has 3 rings (SSSR count). The average molecular weight is 259 g/mol. The van der Waals surface area contributed by atoms with E-state index in [1.54, 1.807) is 0 Å². The number of hydrogen-bond acceptors (Lipinski definition) is 1. The van der Waals surface area contributed by atoms with Crippen LogP contribution in [0.5, 0.6) is 0 Å². The van der Waals surface area contributed by atoms with Gasteiger partial charge in [-0.25, -0.2) is 0 Å². The summed E-state index contributed by atoms with van der Waals surface area (Å²) in [5, 5.41) is 0. The number of aryl methyl sites for hydroxylation is 1. The minimum absolute atomic E-state index is 1.04. The summed E-state index contributed by atoms with van der Waals surface area (Å²) in [6, 6.07) is 23.2. The van der Waals surface area contributed by atoms with E-state index in [0.29, 0.717) is 0 Å². The van der Waals surface area contributed by atoms with Crippen LogP contribution >= 0.6 is 0 Å². The van der Waals surface area contributed by atoms with Crippen molar-refractivity contribution >= 4 is 0 Å². The maximum atomic E-state index is 4.57. The van der Waals surface area contributed by atoms with Crippen molar-refractivity contribution in [2.45, 2.75) is 13.3 Å². The number of hydrogen-bond donors (Lipinski definition) is 0. The zero-order chi connectivity index (χ0) is 13.8. The van der Waals surface area contributed by atoms with E-state index >= 15 is 0 Å². The fraction of sp³-hybridized carbons (Fsp3) is 0.105. The van der Waals surface area contributed by atoms with Crippen LogP contribution in [0, 0.1) is 0 Å². The minimum atomic E-state index is 1.04. The topological polar surface area (TPSA) is 12.9 Å². The first-order valence-electron chi connectivity index (χ1n) is 6.98. The highest BCUT2D eigenvalue weighted by Gasteiger charge is 2.07. The van der Waals surface area contributed by atoms with Gasteiger partial charge >= 0.3 is 0 Å². The Morgan fingerprint density at radius 2 is 1.50 bits per heavy atom. The van der Waals surface area contributed by atoms with Crippen LogP contribution in [0.2, 0.25) is 0 Å². The quantitative estimate of drug-likeness (QED) is 0.646. The number of benzene rings is 2. The highest BCUT2D eigenvalue weighted by Crippen LogP contribution is 2.30. The van der Waals surface area contributed by atoms with Crippen molar-refractivity contribution < 1.29 is 0 Å². The molecule has 3 aromatic rings. The Kier molecular flexibility index (Phi) is 3.60. The molecule has 20 heavy (non-hydrogen) atoms. The van der Waals surface area contributed by atoms with E-state index in [2.05, 4.69) is 54.4 Å². The van der Waals surface area contributed by atoms with Crippen LogP contribution in [0.25, 0.3) is 22.4 Å². The summed E-state index contributed by atoms with van der Waals surface area (Å²) in [6.45, 7) is 2.18. The molecule has 0 aliphatic rings. The first kappa shape index (κ1) is 12.6. The first-order chi connectivity index (χ1) is 9.88. The van der Waals surface area contributed by atoms with Gasteiger partial charge in [0.15, 0.2) is 0 Å². The predicted molar refractivity (Wildman–Crippen MR) is 84.5 cm³/mol. The second-order valence-electron chi connectivity index (χ2n) is 4.82. The fourth-order valence-corrected chi connectivity index (χ4v) is 2.38. The molecule has 0 atom stereocenters. The summed E-state index contributed by atoms with van der Waals surface area (Å²) in [5.41, 5.74) is 5.95. The molecule has 0 spiro atoms. The van der Waals surface area contributed by atoms with Crippen LogP contribution in [0.3, 0.4) is 0 Å². The number of aromatic nitrogens is 1. The van der Waals surface area contributed by atoms with Crippen LogP contribution < -0.4 is 0 Å². The lowest BCUT2D eigenvalue weighted by Crippen LogP contribution is -1.89. The second-order valence-corrected chi connectivity index (χ2v) is 4.82. The molecule has 0 amide bonds. The van der Waals surface area contributed by atoms with Crippen molar-refractivity contribution in [3.05, 3.63) is 78.5 Å². The van der Waals surface area contributed by atoms with Crippen molar-refractivity contribution in [1.29, 1.82) is 0 Å². The smallest absolute Gasteiger partial charge is 0.0780 e. The SMILES string of the molecule is CCc1ccc(-c2cccnc2-c2ccccc2)cc1. The van der Waals surface area contributed by atoms with E-state index in [4.69, 9.17) is 0 Å². The summed E-state index contributed by atoms with van der Waals surface area (Å²) >= 11 is 0. The molecule has 1 aromatic heterocycles. The van der Waals surface area contributed by atoms with Crippen molar-refractivity contribution in [3.63, 3.8) is 0 Å². The summed E-state index contributed by atoms with van der Waals surface area (Å²) in [6.07, 6.45) is 2.92. The van der Waals surface area contributed by atoms with Gasteiger partial charge in [0.1, 0.15) is 0 Å². The zero-order valence-corrected chi connectivity index (χ0v) is 11.6. The van der Waals surface area contributed by atoms with Gasteiger partial charge in [0, 0.05) is 17.3 Å². The third-order valence-electron chi connectivity index (χ3n) is 3.53. The highest BCUT2D eigenvalue weighted by atomic mass is 14.7. The van der Waals surface area contributed by atoms with E-state index < -0.39 is 0 Å². The van der Waals surface area contributed by atoms with Crippen LogP contribution in [-0.4, -0.2) is 4.98 Å². The van der Waals surface area contributed by atoms with Gasteiger partial charge in [-0.15, -0.1) is 0 Å². The Balaban J connectivity index is 2.10. The first-order valence-corrected chi connectivity index (χ1v) is 6.98. The monoisotopic (exact) mass is 259 g/mol. The summed E-state index contributed by atoms with van der Waals surface area (Å²) < 4.78 is 0. The standard InChI is InChI=1S/C19H17N/c1-2-15-10-12-16(13-11-15)18-9-6-14-20-19(18)17-7-4-3-5-8-17/h3-14H,2H2,1H3. The highest BCUT2D eigenvalue weighted by molar-refractivity contribution is 5.80. The molecular formula is C19H17N. The minimum Gasteiger partial charge on any atom is -0.256 e. The molecule has 1 heterocycles. The number of pyridine rings is 1. The summed E-state index contributed by atoms with van der Waals surface area (Å²) in [7, 11) is 0. The number of nitrogens with zero attached hydrogens (tertiary/aromatic N) is 1. The molecule has 2 aromatic carbocycles. The van der Waals surface area contributed by atoms with Gasteiger partial charge in [-0.3, -0.25) is 4.98 Å². The second kappa shape index (κ2) is 5.70. The van der Waals surface area contributed by atoms with Gasteiger partial charge in [0.25, 0.3) is 0 Å². The van der Waals surface area contributed by atoms with Gasteiger partial charge in [-0.2, -0.15) is 0 Å². The lowest BCUT2D eigenvalue weighted by Gasteiger charge is -2.09. The lowest BCUT2D eigenvalue weighted by molar-refractivity contribution is 1.14. The fourth-order valence-electron chi connectivity index (χ4n) is 2.38. The Morgan fingerprint density at radius 3 is 2.20 bits per heavy atom. The molecular weight excluding hydrogens is 242 g/mol. The van der Waals surface area contributed by atoms with Crippen molar-refractivity contribution in [3.8, 4) is 22.4 Å². The van der Waals surface area contributed by atoms with Gasteiger partial charge in [0.05, 0.1) is 5.69 Å². The van der Waals surface area contributed by atoms with Crippen LogP contribution in [-0.2, 0) is 6.42 Å². The lowest BCUT2D eigenvalue weighted by atomic mass is 9.98. The maximum Gasteiger partial charge on any atom is 0.0780 e. The molecule has 0 saturated heterocycles. The summed E-state index contributed by atoms with van der Waals surface area (Å²) in [5.74, 6) is 0. The molecule has 98 valence electrons. The van der Waals surface area contributed by atoms with Crippen molar-refractivity contribution in [2.75, 3.05) is 0 Å². The van der Waals surface area contributed by atoms with E-state index in [1.807, 2.05) is 30.5 Å². The predicted octanol–water partition coefficient (Wildman–Crippen LogP) is 4.98. The molecule has 0 saturated carbocycles. The molecule has 0 aliphatic heterocycles. The molecule has 0 unspecified atom stereocenters. The zero-order valence-electron chi connectivity index (χ0n) is 11.6. The van der Waals surface area contributed by atoms with Gasteiger partial charge in [0.2, 0.25) is 0 Å². The molecule has 0 bridgehead atoms. The van der Waals surface area contributed by atoms with Crippen molar-refractivity contribution in [2.24, 2.45) is 0 Å². The normalized spacial score (nSPS) is 10.4. The average Bonchev–Trinajstić information content (AvgIpc) is 2.56. The van der Waals surface area contributed by atoms with Crippen LogP contribution in [0.4, 0.5) is 0 Å². The van der Waals surface area contributed by atoms with E-state index in [-0.39, 0.29) is 0 Å². The van der Waals surface area contributed by atoms with Gasteiger partial charge in [-0.1, -0.05) is 67.6 Å². The van der Waals surface area contributed by atoms with E-state index in [0.717, 1.165) is 17.7 Å². The molecule has 1 nitrogen and oxygen atoms in total. The third-order valence-corrected chi connectivity index (χ3v) is 3.53. The molecule has 1 heteroatoms.